The van der Waals surface area contributed by atoms with E-state index in [0.717, 1.165) is 17.1 Å². The average Bonchev–Trinajstić information content (AvgIpc) is 2.89. The van der Waals surface area contributed by atoms with Gasteiger partial charge in [0.05, 0.1) is 29.5 Å². The van der Waals surface area contributed by atoms with Crippen LogP contribution >= 0.6 is 11.8 Å². The van der Waals surface area contributed by atoms with E-state index in [2.05, 4.69) is 17.0 Å². The number of pyridine rings is 1. The summed E-state index contributed by atoms with van der Waals surface area (Å²) in [4.78, 5) is 18.0. The van der Waals surface area contributed by atoms with E-state index in [-0.39, 0.29) is 5.91 Å². The van der Waals surface area contributed by atoms with Gasteiger partial charge in [-0.05, 0) is 25.3 Å². The SMILES string of the molecule is CSC(C)CC(=O)N(C)c1cn(-c2cccnc2)nc1C. The van der Waals surface area contributed by atoms with Crippen molar-refractivity contribution >= 4 is 23.4 Å². The van der Waals surface area contributed by atoms with E-state index in [1.165, 1.54) is 0 Å². The first-order chi connectivity index (χ1) is 10.0. The molecular weight excluding hydrogens is 284 g/mol. The molecule has 1 amide bonds. The number of hydrogen-bond acceptors (Lipinski definition) is 4. The number of hydrogen-bond donors (Lipinski definition) is 0. The molecule has 0 spiro atoms. The maximum absolute atomic E-state index is 12.3. The molecule has 112 valence electrons. The Hall–Kier alpha value is -1.82. The van der Waals surface area contributed by atoms with Gasteiger partial charge in [-0.15, -0.1) is 0 Å². The van der Waals surface area contributed by atoms with Crippen LogP contribution in [0.3, 0.4) is 0 Å². The molecule has 2 rings (SSSR count). The van der Waals surface area contributed by atoms with Crippen molar-refractivity contribution in [1.82, 2.24) is 14.8 Å². The fourth-order valence-corrected chi connectivity index (χ4v) is 2.31. The predicted molar refractivity (Wildman–Crippen MR) is 87.1 cm³/mol. The Bertz CT molecular complexity index is 611. The highest BCUT2D eigenvalue weighted by Crippen LogP contribution is 2.21. The van der Waals surface area contributed by atoms with Gasteiger partial charge in [0.1, 0.15) is 0 Å². The van der Waals surface area contributed by atoms with Crippen LogP contribution in [0.1, 0.15) is 19.0 Å². The molecule has 21 heavy (non-hydrogen) atoms. The number of nitrogens with zero attached hydrogens (tertiary/aromatic N) is 4. The molecule has 0 aliphatic heterocycles. The zero-order valence-corrected chi connectivity index (χ0v) is 13.6. The first-order valence-electron chi connectivity index (χ1n) is 6.79. The van der Waals surface area contributed by atoms with Crippen LogP contribution in [0.25, 0.3) is 5.69 Å². The van der Waals surface area contributed by atoms with Crippen molar-refractivity contribution in [3.8, 4) is 5.69 Å². The molecule has 2 aromatic rings. The van der Waals surface area contributed by atoms with E-state index >= 15 is 0 Å². The van der Waals surface area contributed by atoms with Crippen LogP contribution in [-0.2, 0) is 4.79 Å². The highest BCUT2D eigenvalue weighted by Gasteiger charge is 2.18. The number of anilines is 1. The Morgan fingerprint density at radius 1 is 1.52 bits per heavy atom. The van der Waals surface area contributed by atoms with E-state index in [9.17, 15) is 4.79 Å². The average molecular weight is 304 g/mol. The van der Waals surface area contributed by atoms with Crippen molar-refractivity contribution < 1.29 is 4.79 Å². The molecule has 2 aromatic heterocycles. The standard InChI is InChI=1S/C15H20N4OS/c1-11(21-4)8-15(20)18(3)14-10-19(17-12(14)2)13-6-5-7-16-9-13/h5-7,9-11H,8H2,1-4H3. The van der Waals surface area contributed by atoms with E-state index in [1.54, 1.807) is 40.8 Å². The largest absolute Gasteiger partial charge is 0.312 e. The van der Waals surface area contributed by atoms with E-state index < -0.39 is 0 Å². The second kappa shape index (κ2) is 6.76. The zero-order chi connectivity index (χ0) is 15.4. The summed E-state index contributed by atoms with van der Waals surface area (Å²) in [5, 5.41) is 4.77. The Balaban J connectivity index is 2.21. The highest BCUT2D eigenvalue weighted by atomic mass is 32.2. The number of carbonyl (C=O) groups is 1. The molecule has 0 N–H and O–H groups in total. The van der Waals surface area contributed by atoms with Crippen molar-refractivity contribution in [2.45, 2.75) is 25.5 Å². The molecule has 0 fully saturated rings. The van der Waals surface area contributed by atoms with Crippen LogP contribution in [0, 0.1) is 6.92 Å². The molecule has 2 heterocycles. The number of thioether (sulfide) groups is 1. The Morgan fingerprint density at radius 3 is 2.90 bits per heavy atom. The number of amides is 1. The molecule has 1 atom stereocenters. The minimum absolute atomic E-state index is 0.102. The van der Waals surface area contributed by atoms with Gasteiger partial charge in [0.2, 0.25) is 5.91 Å². The summed E-state index contributed by atoms with van der Waals surface area (Å²) in [5.41, 5.74) is 2.54. The molecule has 5 nitrogen and oxygen atoms in total. The summed E-state index contributed by atoms with van der Waals surface area (Å²) >= 11 is 1.70. The van der Waals surface area contributed by atoms with Gasteiger partial charge in [-0.1, -0.05) is 6.92 Å². The fourth-order valence-electron chi connectivity index (χ4n) is 2.00. The molecule has 6 heteroatoms. The Morgan fingerprint density at radius 2 is 2.29 bits per heavy atom. The molecule has 0 aliphatic carbocycles. The quantitative estimate of drug-likeness (QED) is 0.852. The van der Waals surface area contributed by atoms with Crippen LogP contribution in [0.5, 0.6) is 0 Å². The molecule has 0 saturated heterocycles. The lowest BCUT2D eigenvalue weighted by molar-refractivity contribution is -0.118. The van der Waals surface area contributed by atoms with Crippen LogP contribution in [-0.4, -0.2) is 39.2 Å². The van der Waals surface area contributed by atoms with Crippen molar-refractivity contribution in [1.29, 1.82) is 0 Å². The lowest BCUT2D eigenvalue weighted by atomic mass is 10.2. The molecule has 0 radical (unpaired) electrons. The number of carbonyl (C=O) groups excluding carboxylic acids is 1. The molecule has 0 bridgehead atoms. The van der Waals surface area contributed by atoms with Gasteiger partial charge in [0, 0.05) is 24.9 Å². The zero-order valence-electron chi connectivity index (χ0n) is 12.8. The second-order valence-electron chi connectivity index (χ2n) is 4.96. The summed E-state index contributed by atoms with van der Waals surface area (Å²) in [6, 6.07) is 3.79. The summed E-state index contributed by atoms with van der Waals surface area (Å²) < 4.78 is 1.75. The topological polar surface area (TPSA) is 51.0 Å². The van der Waals surface area contributed by atoms with Crippen molar-refractivity contribution in [2.24, 2.45) is 0 Å². The first-order valence-corrected chi connectivity index (χ1v) is 8.07. The van der Waals surface area contributed by atoms with Gasteiger partial charge in [0.15, 0.2) is 0 Å². The van der Waals surface area contributed by atoms with Gasteiger partial charge < -0.3 is 4.90 Å². The van der Waals surface area contributed by atoms with Gasteiger partial charge >= 0.3 is 0 Å². The smallest absolute Gasteiger partial charge is 0.227 e. The summed E-state index contributed by atoms with van der Waals surface area (Å²) in [7, 11) is 1.80. The lowest BCUT2D eigenvalue weighted by Gasteiger charge is -2.18. The first kappa shape index (κ1) is 15.6. The van der Waals surface area contributed by atoms with Crippen LogP contribution in [0.15, 0.2) is 30.7 Å². The lowest BCUT2D eigenvalue weighted by Crippen LogP contribution is -2.28. The number of aromatic nitrogens is 3. The monoisotopic (exact) mass is 304 g/mol. The van der Waals surface area contributed by atoms with E-state index in [4.69, 9.17) is 0 Å². The summed E-state index contributed by atoms with van der Waals surface area (Å²) in [5.74, 6) is 0.102. The molecule has 0 aromatic carbocycles. The van der Waals surface area contributed by atoms with Gasteiger partial charge in [0.25, 0.3) is 0 Å². The van der Waals surface area contributed by atoms with E-state index in [0.29, 0.717) is 11.7 Å². The molecule has 0 aliphatic rings. The minimum atomic E-state index is 0.102. The molecule has 1 unspecified atom stereocenters. The molecule has 0 saturated carbocycles. The molecular formula is C15H20N4OS. The third-order valence-electron chi connectivity index (χ3n) is 3.38. The van der Waals surface area contributed by atoms with Crippen LogP contribution < -0.4 is 4.90 Å². The Kier molecular flexibility index (Phi) is 5.01. The van der Waals surface area contributed by atoms with Crippen molar-refractivity contribution in [3.05, 3.63) is 36.4 Å². The van der Waals surface area contributed by atoms with Gasteiger partial charge in [-0.2, -0.15) is 16.9 Å². The second-order valence-corrected chi connectivity index (χ2v) is 6.23. The maximum Gasteiger partial charge on any atom is 0.227 e. The normalized spacial score (nSPS) is 12.2. The number of aryl methyl sites for hydroxylation is 1. The maximum atomic E-state index is 12.3. The third-order valence-corrected chi connectivity index (χ3v) is 4.35. The van der Waals surface area contributed by atoms with Crippen molar-refractivity contribution in [2.75, 3.05) is 18.2 Å². The van der Waals surface area contributed by atoms with E-state index in [1.807, 2.05) is 31.5 Å². The fraction of sp³-hybridized carbons (Fsp3) is 0.400. The van der Waals surface area contributed by atoms with Crippen LogP contribution in [0.4, 0.5) is 5.69 Å². The summed E-state index contributed by atoms with van der Waals surface area (Å²) in [6.07, 6.45) is 7.88. The number of rotatable bonds is 5. The highest BCUT2D eigenvalue weighted by molar-refractivity contribution is 7.99. The summed E-state index contributed by atoms with van der Waals surface area (Å²) in [6.45, 7) is 3.96. The van der Waals surface area contributed by atoms with Crippen LogP contribution in [0.2, 0.25) is 0 Å². The Labute approximate surface area is 129 Å². The predicted octanol–water partition coefficient (Wildman–Crippen LogP) is 2.68. The van der Waals surface area contributed by atoms with Gasteiger partial charge in [-0.3, -0.25) is 9.78 Å². The van der Waals surface area contributed by atoms with Gasteiger partial charge in [-0.25, -0.2) is 4.68 Å². The minimum Gasteiger partial charge on any atom is -0.312 e. The van der Waals surface area contributed by atoms with Crippen molar-refractivity contribution in [3.63, 3.8) is 0 Å². The third kappa shape index (κ3) is 3.64.